The van der Waals surface area contributed by atoms with Gasteiger partial charge in [0.1, 0.15) is 11.6 Å². The summed E-state index contributed by atoms with van der Waals surface area (Å²) < 4.78 is 0. The van der Waals surface area contributed by atoms with E-state index in [0.29, 0.717) is 6.04 Å². The van der Waals surface area contributed by atoms with Gasteiger partial charge >= 0.3 is 0 Å². The summed E-state index contributed by atoms with van der Waals surface area (Å²) in [7, 11) is 4.09. The van der Waals surface area contributed by atoms with E-state index in [9.17, 15) is 10.1 Å². The Balaban J connectivity index is 2.24. The minimum Gasteiger partial charge on any atom is -0.370 e. The van der Waals surface area contributed by atoms with Crippen molar-refractivity contribution in [2.24, 2.45) is 0 Å². The smallest absolute Gasteiger partial charge is 0.287 e. The van der Waals surface area contributed by atoms with Crippen molar-refractivity contribution < 1.29 is 4.92 Å². The molecule has 1 aliphatic rings. The van der Waals surface area contributed by atoms with Gasteiger partial charge in [0, 0.05) is 30.9 Å². The molecule has 1 aromatic carbocycles. The molecule has 19 heavy (non-hydrogen) atoms. The van der Waals surface area contributed by atoms with Gasteiger partial charge in [-0.3, -0.25) is 10.1 Å². The first-order valence-corrected chi connectivity index (χ1v) is 6.13. The van der Waals surface area contributed by atoms with E-state index in [2.05, 4.69) is 9.80 Å². The summed E-state index contributed by atoms with van der Waals surface area (Å²) >= 11 is 0. The van der Waals surface area contributed by atoms with Crippen LogP contribution in [0.25, 0.3) is 0 Å². The van der Waals surface area contributed by atoms with Crippen LogP contribution in [0.5, 0.6) is 0 Å². The van der Waals surface area contributed by atoms with Gasteiger partial charge < -0.3 is 9.80 Å². The third kappa shape index (κ3) is 2.66. The molecule has 1 aromatic rings. The van der Waals surface area contributed by atoms with Crippen molar-refractivity contribution in [2.45, 2.75) is 12.5 Å². The first-order valence-electron chi connectivity index (χ1n) is 6.13. The second kappa shape index (κ2) is 5.24. The number of nitriles is 1. The molecule has 6 heteroatoms. The van der Waals surface area contributed by atoms with E-state index in [0.717, 1.165) is 25.2 Å². The predicted molar refractivity (Wildman–Crippen MR) is 72.1 cm³/mol. The monoisotopic (exact) mass is 260 g/mol. The zero-order chi connectivity index (χ0) is 14.0. The molecule has 0 spiro atoms. The standard InChI is InChI=1S/C13H16N4O2/c1-15(2)12-5-6-16(9-12)11-3-4-13(17(18)19)10(7-11)8-14/h3-4,7,12H,5-6,9H2,1-2H3. The van der Waals surface area contributed by atoms with Crippen molar-refractivity contribution in [3.63, 3.8) is 0 Å². The summed E-state index contributed by atoms with van der Waals surface area (Å²) in [6, 6.07) is 7.12. The summed E-state index contributed by atoms with van der Waals surface area (Å²) in [5.74, 6) is 0. The fraction of sp³-hybridized carbons (Fsp3) is 0.462. The van der Waals surface area contributed by atoms with Crippen molar-refractivity contribution in [1.29, 1.82) is 5.26 Å². The molecule has 0 saturated carbocycles. The molecule has 2 rings (SSSR count). The van der Waals surface area contributed by atoms with Gasteiger partial charge in [-0.25, -0.2) is 0 Å². The van der Waals surface area contributed by atoms with Crippen molar-refractivity contribution in [1.82, 2.24) is 4.90 Å². The SMILES string of the molecule is CN(C)C1CCN(c2ccc([N+](=O)[O-])c(C#N)c2)C1. The molecule has 1 aliphatic heterocycles. The minimum absolute atomic E-state index is 0.121. The van der Waals surface area contributed by atoms with Crippen LogP contribution in [0.3, 0.4) is 0 Å². The van der Waals surface area contributed by atoms with Crippen molar-refractivity contribution in [2.75, 3.05) is 32.1 Å². The maximum absolute atomic E-state index is 10.8. The van der Waals surface area contributed by atoms with Gasteiger partial charge in [-0.15, -0.1) is 0 Å². The molecule has 1 heterocycles. The van der Waals surface area contributed by atoms with Gasteiger partial charge in [-0.2, -0.15) is 5.26 Å². The van der Waals surface area contributed by atoms with Crippen LogP contribution in [0.15, 0.2) is 18.2 Å². The number of hydrogen-bond donors (Lipinski definition) is 0. The summed E-state index contributed by atoms with van der Waals surface area (Å²) in [5, 5.41) is 19.8. The van der Waals surface area contributed by atoms with Gasteiger partial charge in [-0.05, 0) is 32.6 Å². The van der Waals surface area contributed by atoms with Crippen LogP contribution in [0.4, 0.5) is 11.4 Å². The lowest BCUT2D eigenvalue weighted by molar-refractivity contribution is -0.385. The largest absolute Gasteiger partial charge is 0.370 e. The first kappa shape index (κ1) is 13.3. The molecular formula is C13H16N4O2. The first-order chi connectivity index (χ1) is 9.02. The fourth-order valence-corrected chi connectivity index (χ4v) is 2.37. The highest BCUT2D eigenvalue weighted by Crippen LogP contribution is 2.27. The molecule has 0 amide bonds. The molecule has 0 radical (unpaired) electrons. The normalized spacial score (nSPS) is 18.6. The maximum Gasteiger partial charge on any atom is 0.287 e. The molecule has 1 fully saturated rings. The minimum atomic E-state index is -0.519. The van der Waals surface area contributed by atoms with E-state index >= 15 is 0 Å². The number of nitro benzene ring substituents is 1. The number of nitrogens with zero attached hydrogens (tertiary/aromatic N) is 4. The van der Waals surface area contributed by atoms with Gasteiger partial charge in [-0.1, -0.05) is 0 Å². The van der Waals surface area contributed by atoms with E-state index in [1.807, 2.05) is 20.2 Å². The molecule has 1 saturated heterocycles. The molecule has 1 unspecified atom stereocenters. The lowest BCUT2D eigenvalue weighted by Gasteiger charge is -2.21. The van der Waals surface area contributed by atoms with Crippen LogP contribution in [-0.4, -0.2) is 43.0 Å². The Morgan fingerprint density at radius 3 is 2.79 bits per heavy atom. The lowest BCUT2D eigenvalue weighted by Crippen LogP contribution is -2.31. The van der Waals surface area contributed by atoms with E-state index in [4.69, 9.17) is 5.26 Å². The summed E-state index contributed by atoms with van der Waals surface area (Å²) in [6.07, 6.45) is 1.06. The lowest BCUT2D eigenvalue weighted by atomic mass is 10.1. The Morgan fingerprint density at radius 2 is 2.26 bits per heavy atom. The van der Waals surface area contributed by atoms with Gasteiger partial charge in [0.2, 0.25) is 0 Å². The topological polar surface area (TPSA) is 73.4 Å². The molecular weight excluding hydrogens is 244 g/mol. The average Bonchev–Trinajstić information content (AvgIpc) is 2.87. The second-order valence-electron chi connectivity index (χ2n) is 4.92. The highest BCUT2D eigenvalue weighted by Gasteiger charge is 2.25. The Morgan fingerprint density at radius 1 is 1.53 bits per heavy atom. The van der Waals surface area contributed by atoms with E-state index in [1.165, 1.54) is 6.07 Å². The number of likely N-dealkylation sites (N-methyl/N-ethyl adjacent to an activating group) is 1. The molecule has 100 valence electrons. The quantitative estimate of drug-likeness (QED) is 0.609. The number of rotatable bonds is 3. The van der Waals surface area contributed by atoms with Crippen LogP contribution < -0.4 is 4.90 Å². The summed E-state index contributed by atoms with van der Waals surface area (Å²) in [6.45, 7) is 1.79. The summed E-state index contributed by atoms with van der Waals surface area (Å²) in [4.78, 5) is 14.6. The molecule has 0 aliphatic carbocycles. The number of hydrogen-bond acceptors (Lipinski definition) is 5. The predicted octanol–water partition coefficient (Wildman–Crippen LogP) is 1.61. The van der Waals surface area contributed by atoms with Gasteiger partial charge in [0.15, 0.2) is 0 Å². The molecule has 1 atom stereocenters. The van der Waals surface area contributed by atoms with Crippen molar-refractivity contribution in [3.05, 3.63) is 33.9 Å². The fourth-order valence-electron chi connectivity index (χ4n) is 2.37. The number of anilines is 1. The average molecular weight is 260 g/mol. The molecule has 0 N–H and O–H groups in total. The van der Waals surface area contributed by atoms with E-state index < -0.39 is 4.92 Å². The third-order valence-corrected chi connectivity index (χ3v) is 3.56. The van der Waals surface area contributed by atoms with Crippen LogP contribution in [0.1, 0.15) is 12.0 Å². The maximum atomic E-state index is 10.8. The Labute approximate surface area is 112 Å². The summed E-state index contributed by atoms with van der Waals surface area (Å²) in [5.41, 5.74) is 0.872. The van der Waals surface area contributed by atoms with Gasteiger partial charge in [0.05, 0.1) is 4.92 Å². The van der Waals surface area contributed by atoms with Crippen molar-refractivity contribution >= 4 is 11.4 Å². The Hall–Kier alpha value is -2.13. The highest BCUT2D eigenvalue weighted by molar-refractivity contribution is 5.60. The second-order valence-corrected chi connectivity index (χ2v) is 4.92. The number of nitro groups is 1. The van der Waals surface area contributed by atoms with Gasteiger partial charge in [0.25, 0.3) is 5.69 Å². The van der Waals surface area contributed by atoms with E-state index in [1.54, 1.807) is 12.1 Å². The van der Waals surface area contributed by atoms with Crippen LogP contribution in [0.2, 0.25) is 0 Å². The Bertz CT molecular complexity index is 536. The molecule has 0 bridgehead atoms. The van der Waals surface area contributed by atoms with Crippen LogP contribution in [0, 0.1) is 21.4 Å². The van der Waals surface area contributed by atoms with Crippen molar-refractivity contribution in [3.8, 4) is 6.07 Å². The Kier molecular flexibility index (Phi) is 3.67. The molecule has 6 nitrogen and oxygen atoms in total. The van der Waals surface area contributed by atoms with Crippen LogP contribution >= 0.6 is 0 Å². The number of benzene rings is 1. The van der Waals surface area contributed by atoms with Crippen LogP contribution in [-0.2, 0) is 0 Å². The third-order valence-electron chi connectivity index (χ3n) is 3.56. The zero-order valence-electron chi connectivity index (χ0n) is 11.0. The molecule has 0 aromatic heterocycles. The zero-order valence-corrected chi connectivity index (χ0v) is 11.0. The van der Waals surface area contributed by atoms with E-state index in [-0.39, 0.29) is 11.3 Å². The highest BCUT2D eigenvalue weighted by atomic mass is 16.6.